The van der Waals surface area contributed by atoms with Gasteiger partial charge in [0.05, 0.1) is 17.3 Å². The maximum absolute atomic E-state index is 12.6. The summed E-state index contributed by atoms with van der Waals surface area (Å²) in [5.74, 6) is 1.74. The van der Waals surface area contributed by atoms with Gasteiger partial charge in [-0.05, 0) is 55.0 Å². The van der Waals surface area contributed by atoms with Crippen molar-refractivity contribution < 1.29 is 19.1 Å². The molecule has 1 amide bonds. The normalized spacial score (nSPS) is 16.6. The lowest BCUT2D eigenvalue weighted by atomic mass is 9.93. The van der Waals surface area contributed by atoms with Gasteiger partial charge in [0.1, 0.15) is 18.2 Å². The van der Waals surface area contributed by atoms with Crippen LogP contribution in [0.15, 0.2) is 47.5 Å². The van der Waals surface area contributed by atoms with Crippen molar-refractivity contribution in [2.24, 2.45) is 0 Å². The van der Waals surface area contributed by atoms with Crippen LogP contribution in [-0.2, 0) is 19.6 Å². The number of anilines is 1. The minimum atomic E-state index is -0.690. The first kappa shape index (κ1) is 24.5. The number of fused-ring (bicyclic) bond motifs is 1. The molecule has 10 heteroatoms. The summed E-state index contributed by atoms with van der Waals surface area (Å²) in [6.07, 6.45) is 8.17. The molecule has 1 aromatic carbocycles. The number of hydrogen-bond donors (Lipinski definition) is 3. The number of β-amino-alcohol motifs (C(OH)–C–C–N with tert-alkyl or cyclic N) is 1. The van der Waals surface area contributed by atoms with E-state index in [-0.39, 0.29) is 19.1 Å². The Labute approximate surface area is 214 Å². The molecular formula is C26H30ClN5O4. The van der Waals surface area contributed by atoms with Gasteiger partial charge in [-0.25, -0.2) is 9.97 Å². The highest BCUT2D eigenvalue weighted by atomic mass is 35.5. The van der Waals surface area contributed by atoms with E-state index in [1.54, 1.807) is 24.5 Å². The van der Waals surface area contributed by atoms with Gasteiger partial charge in [0.2, 0.25) is 0 Å². The number of amides is 1. The highest BCUT2D eigenvalue weighted by Crippen LogP contribution is 2.34. The van der Waals surface area contributed by atoms with E-state index >= 15 is 0 Å². The Balaban J connectivity index is 1.10. The molecule has 3 N–H and O–H groups in total. The topological polar surface area (TPSA) is 113 Å². The fraction of sp³-hybridized carbons (Fsp3) is 0.423. The lowest BCUT2D eigenvalue weighted by Gasteiger charge is -2.31. The molecule has 0 radical (unpaired) electrons. The van der Waals surface area contributed by atoms with Crippen molar-refractivity contribution >= 4 is 23.3 Å². The van der Waals surface area contributed by atoms with Crippen LogP contribution in [0.25, 0.3) is 0 Å². The summed E-state index contributed by atoms with van der Waals surface area (Å²) in [4.78, 5) is 22.9. The zero-order valence-corrected chi connectivity index (χ0v) is 20.7. The van der Waals surface area contributed by atoms with Crippen LogP contribution in [0.3, 0.4) is 0 Å². The van der Waals surface area contributed by atoms with Crippen molar-refractivity contribution in [1.82, 2.24) is 20.2 Å². The second kappa shape index (κ2) is 11.3. The summed E-state index contributed by atoms with van der Waals surface area (Å²) in [6.45, 7) is 2.31. The Bertz CT molecular complexity index is 1190. The number of benzene rings is 1. The molecule has 5 rings (SSSR count). The molecule has 3 heterocycles. The molecule has 190 valence electrons. The fourth-order valence-corrected chi connectivity index (χ4v) is 4.80. The average Bonchev–Trinajstić information content (AvgIpc) is 3.38. The predicted octanol–water partition coefficient (Wildman–Crippen LogP) is 3.42. The molecule has 2 aliphatic rings. The minimum absolute atomic E-state index is 0.172. The number of nitrogens with one attached hydrogen (secondary N) is 2. The fourth-order valence-electron chi connectivity index (χ4n) is 4.47. The third kappa shape index (κ3) is 5.98. The number of aliphatic hydroxyl groups is 1. The predicted molar refractivity (Wildman–Crippen MR) is 135 cm³/mol. The molecule has 9 nitrogen and oxygen atoms in total. The van der Waals surface area contributed by atoms with Gasteiger partial charge < -0.3 is 24.9 Å². The number of aliphatic hydroxyl groups excluding tert-OH is 1. The molecule has 1 aliphatic carbocycles. The first-order valence-corrected chi connectivity index (χ1v) is 12.6. The van der Waals surface area contributed by atoms with E-state index in [2.05, 4.69) is 25.5 Å². The highest BCUT2D eigenvalue weighted by Gasteiger charge is 2.23. The zero-order chi connectivity index (χ0) is 24.9. The number of pyridine rings is 1. The van der Waals surface area contributed by atoms with Crippen LogP contribution >= 0.6 is 11.6 Å². The van der Waals surface area contributed by atoms with Crippen molar-refractivity contribution in [2.45, 2.75) is 51.0 Å². The van der Waals surface area contributed by atoms with Gasteiger partial charge in [0.25, 0.3) is 5.91 Å². The smallest absolute Gasteiger partial charge is 0.251 e. The maximum atomic E-state index is 12.6. The molecule has 1 atom stereocenters. The number of ether oxygens (including phenoxy) is 1. The van der Waals surface area contributed by atoms with E-state index < -0.39 is 6.10 Å². The molecular weight excluding hydrogens is 482 g/mol. The Hall–Kier alpha value is -3.14. The van der Waals surface area contributed by atoms with Crippen LogP contribution in [-0.4, -0.2) is 57.7 Å². The molecule has 1 aliphatic heterocycles. The Morgan fingerprint density at radius 3 is 3.00 bits per heavy atom. The summed E-state index contributed by atoms with van der Waals surface area (Å²) < 4.78 is 11.0. The van der Waals surface area contributed by atoms with E-state index in [0.717, 1.165) is 36.9 Å². The number of oxazole rings is 1. The molecule has 0 unspecified atom stereocenters. The van der Waals surface area contributed by atoms with Crippen molar-refractivity contribution in [3.05, 3.63) is 70.5 Å². The number of nitrogens with zero attached hydrogens (tertiary/aromatic N) is 3. The van der Waals surface area contributed by atoms with Crippen LogP contribution in [0.1, 0.15) is 46.5 Å². The van der Waals surface area contributed by atoms with Crippen LogP contribution in [0.2, 0.25) is 5.02 Å². The van der Waals surface area contributed by atoms with E-state index in [0.29, 0.717) is 47.0 Å². The van der Waals surface area contributed by atoms with E-state index in [1.165, 1.54) is 12.8 Å². The minimum Gasteiger partial charge on any atom is -0.484 e. The SMILES string of the molecule is O=C(NC[C@H](O)CN1CCc2c(ccc(OCc3cnco3)c2Cl)C1)c1ccnc(NC2CCC2)c1. The van der Waals surface area contributed by atoms with Gasteiger partial charge in [-0.15, -0.1) is 0 Å². The van der Waals surface area contributed by atoms with Gasteiger partial charge in [-0.1, -0.05) is 17.7 Å². The zero-order valence-electron chi connectivity index (χ0n) is 20.0. The van der Waals surface area contributed by atoms with Crippen molar-refractivity contribution in [3.63, 3.8) is 0 Å². The number of halogens is 1. The Morgan fingerprint density at radius 2 is 2.22 bits per heavy atom. The van der Waals surface area contributed by atoms with Crippen molar-refractivity contribution in [1.29, 1.82) is 0 Å². The molecule has 2 aromatic heterocycles. The van der Waals surface area contributed by atoms with Crippen molar-refractivity contribution in [3.8, 4) is 5.75 Å². The standard InChI is InChI=1S/C26H30ClN5O4/c27-25-22-7-9-32(13-18(22)4-5-23(25)35-15-21-12-28-16-36-21)14-20(33)11-30-26(34)17-6-8-29-24(10-17)31-19-2-1-3-19/h4-6,8,10,12,16,19-20,33H,1-3,7,9,11,13-15H2,(H,29,31)(H,30,34)/t20-/m0/s1. The molecule has 1 fully saturated rings. The maximum Gasteiger partial charge on any atom is 0.251 e. The second-order valence-electron chi connectivity index (χ2n) is 9.32. The van der Waals surface area contributed by atoms with E-state index in [4.69, 9.17) is 20.8 Å². The summed E-state index contributed by atoms with van der Waals surface area (Å²) in [5, 5.41) is 17.4. The lowest BCUT2D eigenvalue weighted by Crippen LogP contribution is -2.42. The first-order valence-electron chi connectivity index (χ1n) is 12.3. The van der Waals surface area contributed by atoms with Gasteiger partial charge in [0.15, 0.2) is 12.2 Å². The Kier molecular flexibility index (Phi) is 7.69. The van der Waals surface area contributed by atoms with Crippen LogP contribution in [0, 0.1) is 0 Å². The summed E-state index contributed by atoms with van der Waals surface area (Å²) in [7, 11) is 0. The average molecular weight is 512 g/mol. The van der Waals surface area contributed by atoms with Crippen LogP contribution < -0.4 is 15.4 Å². The molecule has 0 bridgehead atoms. The third-order valence-electron chi connectivity index (χ3n) is 6.68. The molecule has 0 spiro atoms. The first-order chi connectivity index (χ1) is 17.5. The Morgan fingerprint density at radius 1 is 1.33 bits per heavy atom. The molecule has 3 aromatic rings. The monoisotopic (exact) mass is 511 g/mol. The number of carbonyl (C=O) groups is 1. The van der Waals surface area contributed by atoms with Gasteiger partial charge in [0, 0.05) is 44.0 Å². The number of carbonyl (C=O) groups excluding carboxylic acids is 1. The van der Waals surface area contributed by atoms with Gasteiger partial charge in [-0.3, -0.25) is 9.69 Å². The molecule has 1 saturated carbocycles. The van der Waals surface area contributed by atoms with E-state index in [1.807, 2.05) is 12.1 Å². The summed E-state index contributed by atoms with van der Waals surface area (Å²) in [6, 6.07) is 7.76. The van der Waals surface area contributed by atoms with E-state index in [9.17, 15) is 9.90 Å². The van der Waals surface area contributed by atoms with Crippen LogP contribution in [0.5, 0.6) is 5.75 Å². The van der Waals surface area contributed by atoms with Gasteiger partial charge >= 0.3 is 0 Å². The molecule has 0 saturated heterocycles. The van der Waals surface area contributed by atoms with Gasteiger partial charge in [-0.2, -0.15) is 0 Å². The quantitative estimate of drug-likeness (QED) is 0.379. The third-order valence-corrected chi connectivity index (χ3v) is 7.09. The number of hydrogen-bond acceptors (Lipinski definition) is 8. The molecule has 36 heavy (non-hydrogen) atoms. The lowest BCUT2D eigenvalue weighted by molar-refractivity contribution is 0.0841. The van der Waals surface area contributed by atoms with Crippen LogP contribution in [0.4, 0.5) is 5.82 Å². The van der Waals surface area contributed by atoms with Crippen molar-refractivity contribution in [2.75, 3.05) is 25.0 Å². The summed E-state index contributed by atoms with van der Waals surface area (Å²) in [5.41, 5.74) is 2.70. The number of rotatable bonds is 10. The number of aromatic nitrogens is 2. The summed E-state index contributed by atoms with van der Waals surface area (Å²) >= 11 is 6.62. The largest absolute Gasteiger partial charge is 0.484 e. The second-order valence-corrected chi connectivity index (χ2v) is 9.70. The highest BCUT2D eigenvalue weighted by molar-refractivity contribution is 6.33.